The highest BCUT2D eigenvalue weighted by atomic mass is 32.2. The van der Waals surface area contributed by atoms with Crippen molar-refractivity contribution in [2.75, 3.05) is 44.1 Å². The molecule has 10 nitrogen and oxygen atoms in total. The number of hydrogen-bond acceptors (Lipinski definition) is 9. The van der Waals surface area contributed by atoms with Crippen molar-refractivity contribution in [1.82, 2.24) is 24.4 Å². The number of aromatic nitrogens is 4. The van der Waals surface area contributed by atoms with Crippen LogP contribution < -0.4 is 10.6 Å². The van der Waals surface area contributed by atoms with Crippen molar-refractivity contribution in [2.24, 2.45) is 0 Å². The van der Waals surface area contributed by atoms with Gasteiger partial charge in [-0.15, -0.1) is 6.58 Å². The molecule has 4 heterocycles. The smallest absolute Gasteiger partial charge is 0.355 e. The van der Waals surface area contributed by atoms with Gasteiger partial charge in [0.25, 0.3) is 0 Å². The molecule has 2 atom stereocenters. The maximum Gasteiger partial charge on any atom is 0.355 e. The standard InChI is InChI=1S/C31H34F2N6O4S/c1-6-14-43-17-37-12-13-38(19(4)16-37)29-20-15-22(33)27(25-21(32)8-7-9-23(25)40)35-30(20)39(31(41)36-29)28-24(44(5)42)10-11-34-26(28)18(2)3/h6-11,15,18-19,40H,1,12-14,16-17H2,2-5H3/t19-,44?/m0/s1. The van der Waals surface area contributed by atoms with Gasteiger partial charge in [-0.25, -0.2) is 23.1 Å². The van der Waals surface area contributed by atoms with Crippen LogP contribution in [0.2, 0.25) is 0 Å². The number of fused-ring (bicyclic) bond motifs is 1. The lowest BCUT2D eigenvalue weighted by atomic mass is 10.1. The number of piperazine rings is 1. The average Bonchev–Trinajstić information content (AvgIpc) is 2.97. The van der Waals surface area contributed by atoms with E-state index in [9.17, 15) is 14.1 Å². The second-order valence-electron chi connectivity index (χ2n) is 10.9. The number of pyridine rings is 2. The first kappa shape index (κ1) is 31.4. The van der Waals surface area contributed by atoms with E-state index in [1.54, 1.807) is 12.1 Å². The minimum atomic E-state index is -1.56. The molecule has 13 heteroatoms. The summed E-state index contributed by atoms with van der Waals surface area (Å²) in [5, 5.41) is 10.7. The topological polar surface area (TPSA) is 114 Å². The largest absolute Gasteiger partial charge is 0.507 e. The number of aromatic hydroxyl groups is 1. The Morgan fingerprint density at radius 2 is 1.98 bits per heavy atom. The lowest BCUT2D eigenvalue weighted by molar-refractivity contribution is 0.0338. The molecule has 1 unspecified atom stereocenters. The van der Waals surface area contributed by atoms with Crippen molar-refractivity contribution in [3.63, 3.8) is 0 Å². The third-order valence-electron chi connectivity index (χ3n) is 7.52. The van der Waals surface area contributed by atoms with Gasteiger partial charge < -0.3 is 14.7 Å². The molecule has 1 N–H and O–H groups in total. The van der Waals surface area contributed by atoms with E-state index in [0.29, 0.717) is 43.6 Å². The van der Waals surface area contributed by atoms with E-state index in [2.05, 4.69) is 26.4 Å². The fourth-order valence-electron chi connectivity index (χ4n) is 5.51. The Balaban J connectivity index is 1.80. The van der Waals surface area contributed by atoms with Crippen LogP contribution in [0, 0.1) is 11.6 Å². The van der Waals surface area contributed by atoms with Crippen LogP contribution in [0.3, 0.4) is 0 Å². The maximum atomic E-state index is 15.9. The summed E-state index contributed by atoms with van der Waals surface area (Å²) in [6.45, 7) is 11.8. The minimum Gasteiger partial charge on any atom is -0.507 e. The van der Waals surface area contributed by atoms with Gasteiger partial charge in [0, 0.05) is 38.1 Å². The number of phenolic OH excluding ortho intramolecular Hbond substituents is 1. The van der Waals surface area contributed by atoms with Crippen LogP contribution >= 0.6 is 0 Å². The summed E-state index contributed by atoms with van der Waals surface area (Å²) in [4.78, 5) is 31.8. The van der Waals surface area contributed by atoms with E-state index < -0.39 is 45.1 Å². The van der Waals surface area contributed by atoms with Gasteiger partial charge >= 0.3 is 5.69 Å². The number of benzene rings is 1. The molecule has 0 saturated carbocycles. The van der Waals surface area contributed by atoms with Crippen LogP contribution in [0.5, 0.6) is 5.75 Å². The van der Waals surface area contributed by atoms with Gasteiger partial charge in [0.05, 0.1) is 51.4 Å². The molecule has 232 valence electrons. The molecule has 1 aliphatic heterocycles. The molecule has 5 rings (SSSR count). The first-order valence-electron chi connectivity index (χ1n) is 14.1. The lowest BCUT2D eigenvalue weighted by Gasteiger charge is -2.40. The van der Waals surface area contributed by atoms with E-state index in [1.807, 2.05) is 25.7 Å². The van der Waals surface area contributed by atoms with E-state index in [4.69, 9.17) is 4.74 Å². The molecule has 1 fully saturated rings. The maximum absolute atomic E-state index is 15.9. The Bertz CT molecular complexity index is 1790. The van der Waals surface area contributed by atoms with Crippen molar-refractivity contribution in [2.45, 2.75) is 37.6 Å². The summed E-state index contributed by atoms with van der Waals surface area (Å²) in [6, 6.07) is 6.16. The highest BCUT2D eigenvalue weighted by Crippen LogP contribution is 2.37. The molecule has 4 aromatic rings. The zero-order valence-electron chi connectivity index (χ0n) is 25.0. The van der Waals surface area contributed by atoms with E-state index >= 15 is 8.78 Å². The zero-order valence-corrected chi connectivity index (χ0v) is 25.8. The molecular formula is C31H34F2N6O4S. The monoisotopic (exact) mass is 624 g/mol. The third kappa shape index (κ3) is 5.86. The van der Waals surface area contributed by atoms with Crippen molar-refractivity contribution in [3.8, 4) is 22.7 Å². The number of halogens is 2. The Kier molecular flexibility index (Phi) is 9.18. The highest BCUT2D eigenvalue weighted by Gasteiger charge is 2.30. The van der Waals surface area contributed by atoms with Crippen LogP contribution in [-0.2, 0) is 15.5 Å². The number of nitrogens with zero attached hydrogens (tertiary/aromatic N) is 6. The molecule has 0 bridgehead atoms. The SMILES string of the molecule is C=CCOCN1CCN(c2nc(=O)n(-c3c(S(C)=O)ccnc3C(C)C)c3nc(-c4c(O)cccc4F)c(F)cc23)[C@@H](C)C1. The van der Waals surface area contributed by atoms with Crippen LogP contribution in [0.1, 0.15) is 32.4 Å². The normalized spacial score (nSPS) is 16.5. The van der Waals surface area contributed by atoms with Gasteiger partial charge in [0.2, 0.25) is 0 Å². The van der Waals surface area contributed by atoms with Crippen molar-refractivity contribution in [3.05, 3.63) is 77.0 Å². The molecule has 3 aromatic heterocycles. The number of rotatable bonds is 9. The van der Waals surface area contributed by atoms with Gasteiger partial charge in [-0.2, -0.15) is 4.98 Å². The summed E-state index contributed by atoms with van der Waals surface area (Å²) in [5.41, 5.74) is -1.04. The van der Waals surface area contributed by atoms with Crippen molar-refractivity contribution < 1.29 is 22.8 Å². The van der Waals surface area contributed by atoms with Gasteiger partial charge in [0.15, 0.2) is 11.5 Å². The van der Waals surface area contributed by atoms with E-state index in [-0.39, 0.29) is 34.5 Å². The predicted molar refractivity (Wildman–Crippen MR) is 166 cm³/mol. The predicted octanol–water partition coefficient (Wildman–Crippen LogP) is 4.36. The molecule has 0 spiro atoms. The van der Waals surface area contributed by atoms with Gasteiger partial charge in [-0.3, -0.25) is 14.1 Å². The summed E-state index contributed by atoms with van der Waals surface area (Å²) < 4.78 is 50.6. The fourth-order valence-corrected chi connectivity index (χ4v) is 6.23. The summed E-state index contributed by atoms with van der Waals surface area (Å²) in [5.74, 6) is -2.30. The zero-order chi connectivity index (χ0) is 31.7. The third-order valence-corrected chi connectivity index (χ3v) is 8.47. The molecule has 1 aromatic carbocycles. The number of hydrogen-bond donors (Lipinski definition) is 1. The van der Waals surface area contributed by atoms with E-state index in [1.165, 1.54) is 29.2 Å². The van der Waals surface area contributed by atoms with Crippen LogP contribution in [0.4, 0.5) is 14.6 Å². The molecule has 1 aliphatic rings. The Morgan fingerprint density at radius 3 is 2.64 bits per heavy atom. The number of anilines is 1. The number of ether oxygens (including phenoxy) is 1. The van der Waals surface area contributed by atoms with E-state index in [0.717, 1.165) is 12.1 Å². The highest BCUT2D eigenvalue weighted by molar-refractivity contribution is 7.84. The lowest BCUT2D eigenvalue weighted by Crippen LogP contribution is -2.53. The molecule has 0 radical (unpaired) electrons. The molecule has 0 amide bonds. The van der Waals surface area contributed by atoms with Gasteiger partial charge in [0.1, 0.15) is 23.1 Å². The van der Waals surface area contributed by atoms with Crippen LogP contribution in [0.15, 0.2) is 58.9 Å². The van der Waals surface area contributed by atoms with Crippen LogP contribution in [-0.4, -0.2) is 79.0 Å². The second-order valence-corrected chi connectivity index (χ2v) is 12.3. The molecule has 1 saturated heterocycles. The molecular weight excluding hydrogens is 590 g/mol. The summed E-state index contributed by atoms with van der Waals surface area (Å²) in [6.07, 6.45) is 4.67. The Hall–Kier alpha value is -4.07. The van der Waals surface area contributed by atoms with Gasteiger partial charge in [-0.05, 0) is 37.1 Å². The fraction of sp³-hybridized carbons (Fsp3) is 0.355. The minimum absolute atomic E-state index is 0.0374. The summed E-state index contributed by atoms with van der Waals surface area (Å²) >= 11 is 0. The second kappa shape index (κ2) is 12.9. The Morgan fingerprint density at radius 1 is 1.20 bits per heavy atom. The molecule has 0 aliphatic carbocycles. The summed E-state index contributed by atoms with van der Waals surface area (Å²) in [7, 11) is -1.56. The molecule has 44 heavy (non-hydrogen) atoms. The van der Waals surface area contributed by atoms with Crippen molar-refractivity contribution in [1.29, 1.82) is 0 Å². The van der Waals surface area contributed by atoms with Crippen LogP contribution in [0.25, 0.3) is 28.0 Å². The first-order chi connectivity index (χ1) is 21.0. The van der Waals surface area contributed by atoms with Crippen molar-refractivity contribution >= 4 is 27.7 Å². The quantitative estimate of drug-likeness (QED) is 0.214. The first-order valence-corrected chi connectivity index (χ1v) is 15.7. The van der Waals surface area contributed by atoms with Gasteiger partial charge in [-0.1, -0.05) is 26.0 Å². The Labute approximate surface area is 256 Å². The number of phenols is 1. The average molecular weight is 625 g/mol.